The largest absolute Gasteiger partial charge is 0.481 e. The zero-order chi connectivity index (χ0) is 17.0. The van der Waals surface area contributed by atoms with E-state index in [4.69, 9.17) is 16.7 Å². The molecule has 1 aliphatic heterocycles. The molecule has 0 saturated carbocycles. The van der Waals surface area contributed by atoms with E-state index in [-0.39, 0.29) is 24.5 Å². The minimum Gasteiger partial charge on any atom is -0.481 e. The molecule has 1 aromatic carbocycles. The van der Waals surface area contributed by atoms with E-state index in [1.807, 2.05) is 32.0 Å². The van der Waals surface area contributed by atoms with Crippen LogP contribution in [0.1, 0.15) is 38.3 Å². The summed E-state index contributed by atoms with van der Waals surface area (Å²) in [6.07, 6.45) is 1.33. The first kappa shape index (κ1) is 17.6. The van der Waals surface area contributed by atoms with Crippen LogP contribution in [0.3, 0.4) is 0 Å². The van der Waals surface area contributed by atoms with Crippen molar-refractivity contribution in [3.8, 4) is 0 Å². The van der Waals surface area contributed by atoms with E-state index in [0.717, 1.165) is 5.56 Å². The van der Waals surface area contributed by atoms with Gasteiger partial charge >= 0.3 is 12.0 Å². The highest BCUT2D eigenvalue weighted by atomic mass is 35.5. The van der Waals surface area contributed by atoms with Crippen LogP contribution in [0, 0.1) is 11.8 Å². The molecule has 2 N–H and O–H groups in total. The van der Waals surface area contributed by atoms with Gasteiger partial charge in [0.05, 0.1) is 12.0 Å². The third-order valence-corrected chi connectivity index (χ3v) is 4.59. The Morgan fingerprint density at radius 1 is 1.35 bits per heavy atom. The number of urea groups is 1. The van der Waals surface area contributed by atoms with Crippen LogP contribution in [0.4, 0.5) is 4.79 Å². The Kier molecular flexibility index (Phi) is 5.88. The zero-order valence-corrected chi connectivity index (χ0v) is 14.2. The third kappa shape index (κ3) is 4.38. The minimum absolute atomic E-state index is 0.166. The Bertz CT molecular complexity index is 577. The first-order valence-corrected chi connectivity index (χ1v) is 8.30. The second-order valence-corrected chi connectivity index (χ2v) is 6.72. The summed E-state index contributed by atoms with van der Waals surface area (Å²) in [6.45, 7) is 4.88. The predicted octanol–water partition coefficient (Wildman–Crippen LogP) is 3.54. The average Bonchev–Trinajstić information content (AvgIpc) is 2.53. The lowest BCUT2D eigenvalue weighted by molar-refractivity contribution is -0.143. The molecule has 1 saturated heterocycles. The fraction of sp³-hybridized carbons (Fsp3) is 0.529. The van der Waals surface area contributed by atoms with Crippen LogP contribution in [-0.2, 0) is 4.79 Å². The lowest BCUT2D eigenvalue weighted by Gasteiger charge is -2.33. The molecule has 1 fully saturated rings. The number of nitrogens with zero attached hydrogens (tertiary/aromatic N) is 1. The summed E-state index contributed by atoms with van der Waals surface area (Å²) in [5, 5.41) is 12.8. The highest BCUT2D eigenvalue weighted by molar-refractivity contribution is 6.31. The molecule has 0 aromatic heterocycles. The first-order chi connectivity index (χ1) is 10.9. The van der Waals surface area contributed by atoms with E-state index >= 15 is 0 Å². The minimum atomic E-state index is -0.839. The molecule has 2 rings (SSSR count). The van der Waals surface area contributed by atoms with Crippen LogP contribution in [0.2, 0.25) is 5.02 Å². The summed E-state index contributed by atoms with van der Waals surface area (Å²) in [6, 6.07) is 7.02. The molecule has 1 aliphatic rings. The molecule has 2 amide bonds. The number of carbonyl (C=O) groups excluding carboxylic acids is 1. The molecule has 0 aliphatic carbocycles. The smallest absolute Gasteiger partial charge is 0.317 e. The van der Waals surface area contributed by atoms with Crippen LogP contribution in [0.25, 0.3) is 0 Å². The van der Waals surface area contributed by atoms with Crippen LogP contribution in [0.5, 0.6) is 0 Å². The lowest BCUT2D eigenvalue weighted by Crippen LogP contribution is -2.48. The van der Waals surface area contributed by atoms with E-state index < -0.39 is 11.9 Å². The van der Waals surface area contributed by atoms with Crippen LogP contribution < -0.4 is 5.32 Å². The lowest BCUT2D eigenvalue weighted by atomic mass is 9.95. The van der Waals surface area contributed by atoms with Crippen molar-refractivity contribution in [1.82, 2.24) is 10.2 Å². The predicted molar refractivity (Wildman–Crippen MR) is 89.5 cm³/mol. The van der Waals surface area contributed by atoms with E-state index in [0.29, 0.717) is 24.4 Å². The Morgan fingerprint density at radius 3 is 2.65 bits per heavy atom. The average molecular weight is 339 g/mol. The fourth-order valence-corrected chi connectivity index (χ4v) is 3.17. The summed E-state index contributed by atoms with van der Waals surface area (Å²) >= 11 is 6.25. The Morgan fingerprint density at radius 2 is 2.04 bits per heavy atom. The number of nitrogens with one attached hydrogen (secondary N) is 1. The van der Waals surface area contributed by atoms with E-state index in [2.05, 4.69) is 5.32 Å². The van der Waals surface area contributed by atoms with Crippen molar-refractivity contribution in [2.24, 2.45) is 11.8 Å². The fourth-order valence-electron chi connectivity index (χ4n) is 2.92. The van der Waals surface area contributed by atoms with Gasteiger partial charge in [-0.15, -0.1) is 0 Å². The summed E-state index contributed by atoms with van der Waals surface area (Å²) in [7, 11) is 0. The van der Waals surface area contributed by atoms with Crippen LogP contribution in [-0.4, -0.2) is 35.1 Å². The summed E-state index contributed by atoms with van der Waals surface area (Å²) in [5.74, 6) is -1.15. The molecule has 2 unspecified atom stereocenters. The molecule has 1 heterocycles. The number of hydrogen-bond acceptors (Lipinski definition) is 2. The van der Waals surface area contributed by atoms with Crippen molar-refractivity contribution >= 4 is 23.6 Å². The number of likely N-dealkylation sites (tertiary alicyclic amines) is 1. The molecule has 0 spiro atoms. The topological polar surface area (TPSA) is 69.6 Å². The molecule has 126 valence electrons. The third-order valence-electron chi connectivity index (χ3n) is 4.24. The first-order valence-electron chi connectivity index (χ1n) is 7.92. The van der Waals surface area contributed by atoms with Gasteiger partial charge in [-0.3, -0.25) is 4.79 Å². The van der Waals surface area contributed by atoms with E-state index in [9.17, 15) is 9.59 Å². The summed E-state index contributed by atoms with van der Waals surface area (Å²) < 4.78 is 0. The Balaban J connectivity index is 2.10. The van der Waals surface area contributed by atoms with Gasteiger partial charge in [0.2, 0.25) is 0 Å². The molecule has 0 bridgehead atoms. The van der Waals surface area contributed by atoms with Crippen molar-refractivity contribution < 1.29 is 14.7 Å². The maximum absolute atomic E-state index is 12.5. The number of carboxylic acids is 1. The standard InChI is InChI=1S/C17H23ClN2O3/c1-11(2)15(13-7-3-4-8-14(13)18)19-17(23)20-9-5-6-12(10-20)16(21)22/h3-4,7-8,11-12,15H,5-6,9-10H2,1-2H3,(H,19,23)(H,21,22). The SMILES string of the molecule is CC(C)C(NC(=O)N1CCCC(C(=O)O)C1)c1ccccc1Cl. The Labute approximate surface area is 141 Å². The van der Waals surface area contributed by atoms with Gasteiger partial charge in [0.25, 0.3) is 0 Å². The van der Waals surface area contributed by atoms with Crippen LogP contribution in [0.15, 0.2) is 24.3 Å². The number of piperidine rings is 1. The molecule has 6 heteroatoms. The number of carbonyl (C=O) groups is 2. The van der Waals surface area contributed by atoms with Gasteiger partial charge in [0, 0.05) is 18.1 Å². The van der Waals surface area contributed by atoms with Crippen molar-refractivity contribution in [2.75, 3.05) is 13.1 Å². The quantitative estimate of drug-likeness (QED) is 0.882. The van der Waals surface area contributed by atoms with Crippen molar-refractivity contribution in [3.63, 3.8) is 0 Å². The van der Waals surface area contributed by atoms with Gasteiger partial charge in [-0.25, -0.2) is 4.79 Å². The molecular weight excluding hydrogens is 316 g/mol. The van der Waals surface area contributed by atoms with E-state index in [1.165, 1.54) is 0 Å². The summed E-state index contributed by atoms with van der Waals surface area (Å²) in [4.78, 5) is 25.3. The zero-order valence-electron chi connectivity index (χ0n) is 13.5. The van der Waals surface area contributed by atoms with Gasteiger partial charge in [0.15, 0.2) is 0 Å². The summed E-state index contributed by atoms with van der Waals surface area (Å²) in [5.41, 5.74) is 0.879. The maximum atomic E-state index is 12.5. The van der Waals surface area contributed by atoms with Gasteiger partial charge in [-0.1, -0.05) is 43.6 Å². The van der Waals surface area contributed by atoms with Gasteiger partial charge in [-0.05, 0) is 30.4 Å². The number of carboxylic acid groups (broad SMARTS) is 1. The molecule has 23 heavy (non-hydrogen) atoms. The number of amides is 2. The molecule has 0 radical (unpaired) electrons. The maximum Gasteiger partial charge on any atom is 0.317 e. The number of benzene rings is 1. The monoisotopic (exact) mass is 338 g/mol. The molecule has 5 nitrogen and oxygen atoms in total. The number of aliphatic carboxylic acids is 1. The van der Waals surface area contributed by atoms with Crippen LogP contribution >= 0.6 is 11.6 Å². The Hall–Kier alpha value is -1.75. The second-order valence-electron chi connectivity index (χ2n) is 6.32. The van der Waals surface area contributed by atoms with E-state index in [1.54, 1.807) is 11.0 Å². The highest BCUT2D eigenvalue weighted by Gasteiger charge is 2.30. The molecule has 2 atom stereocenters. The number of rotatable bonds is 4. The number of hydrogen-bond donors (Lipinski definition) is 2. The van der Waals surface area contributed by atoms with Crippen molar-refractivity contribution in [3.05, 3.63) is 34.9 Å². The molecule has 1 aromatic rings. The van der Waals surface area contributed by atoms with Crippen molar-refractivity contribution in [1.29, 1.82) is 0 Å². The van der Waals surface area contributed by atoms with Crippen molar-refractivity contribution in [2.45, 2.75) is 32.7 Å². The second kappa shape index (κ2) is 7.68. The number of halogens is 1. The highest BCUT2D eigenvalue weighted by Crippen LogP contribution is 2.28. The van der Waals surface area contributed by atoms with Gasteiger partial charge in [0.1, 0.15) is 0 Å². The normalized spacial score (nSPS) is 19.5. The van der Waals surface area contributed by atoms with Gasteiger partial charge in [-0.2, -0.15) is 0 Å². The van der Waals surface area contributed by atoms with Gasteiger partial charge < -0.3 is 15.3 Å². The molecular formula is C17H23ClN2O3.